The molecule has 0 saturated carbocycles. The predicted molar refractivity (Wildman–Crippen MR) is 63.3 cm³/mol. The van der Waals surface area contributed by atoms with Gasteiger partial charge in [0.05, 0.1) is 0 Å². The zero-order valence-electron chi connectivity index (χ0n) is 9.29. The molecule has 0 aliphatic heterocycles. The van der Waals surface area contributed by atoms with Crippen LogP contribution in [0.1, 0.15) is 10.5 Å². The molecule has 0 spiro atoms. The van der Waals surface area contributed by atoms with E-state index < -0.39 is 0 Å². The summed E-state index contributed by atoms with van der Waals surface area (Å²) in [7, 11) is 3.80. The molecule has 82 valence electrons. The lowest BCUT2D eigenvalue weighted by Crippen LogP contribution is -2.14. The summed E-state index contributed by atoms with van der Waals surface area (Å²) >= 11 is 0. The fourth-order valence-corrected chi connectivity index (χ4v) is 1.54. The van der Waals surface area contributed by atoms with E-state index in [9.17, 15) is 4.79 Å². The van der Waals surface area contributed by atoms with Crippen LogP contribution in [0.2, 0.25) is 0 Å². The van der Waals surface area contributed by atoms with Gasteiger partial charge in [-0.05, 0) is 12.1 Å². The molecule has 0 saturated heterocycles. The molecule has 0 bridgehead atoms. The molecule has 0 amide bonds. The first-order valence-corrected chi connectivity index (χ1v) is 4.99. The van der Waals surface area contributed by atoms with Crippen LogP contribution in [0.15, 0.2) is 36.5 Å². The lowest BCUT2D eigenvalue weighted by molar-refractivity contribution is 0.111. The van der Waals surface area contributed by atoms with Crippen molar-refractivity contribution in [2.45, 2.75) is 0 Å². The lowest BCUT2D eigenvalue weighted by Gasteiger charge is -2.13. The molecule has 0 radical (unpaired) electrons. The summed E-state index contributed by atoms with van der Waals surface area (Å²) in [6.45, 7) is 0. The number of carbonyl (C=O) groups excluding carboxylic acids is 1. The van der Waals surface area contributed by atoms with Crippen molar-refractivity contribution >= 4 is 12.2 Å². The summed E-state index contributed by atoms with van der Waals surface area (Å²) in [6.07, 6.45) is 2.49. The van der Waals surface area contributed by atoms with E-state index in [4.69, 9.17) is 0 Å². The van der Waals surface area contributed by atoms with Crippen LogP contribution in [0, 0.1) is 0 Å². The van der Waals surface area contributed by atoms with Crippen LogP contribution in [-0.2, 0) is 0 Å². The van der Waals surface area contributed by atoms with Gasteiger partial charge in [-0.1, -0.05) is 18.2 Å². The van der Waals surface area contributed by atoms with E-state index in [2.05, 4.69) is 4.98 Å². The van der Waals surface area contributed by atoms with Crippen molar-refractivity contribution in [2.24, 2.45) is 0 Å². The monoisotopic (exact) mass is 215 g/mol. The molecule has 0 fully saturated rings. The first-order valence-electron chi connectivity index (χ1n) is 4.99. The second kappa shape index (κ2) is 4.18. The quantitative estimate of drug-likeness (QED) is 0.732. The highest BCUT2D eigenvalue weighted by Crippen LogP contribution is 2.17. The average Bonchev–Trinajstić information content (AvgIpc) is 2.74. The largest absolute Gasteiger partial charge is 0.348 e. The number of rotatable bonds is 3. The maximum atomic E-state index is 10.7. The molecule has 0 atom stereocenters. The number of anilines is 1. The van der Waals surface area contributed by atoms with Gasteiger partial charge in [0, 0.05) is 26.0 Å². The second-order valence-electron chi connectivity index (χ2n) is 3.68. The SMILES string of the molecule is CN(C)c1nc(C=O)cn1-c1ccccc1. The van der Waals surface area contributed by atoms with Crippen LogP contribution in [0.5, 0.6) is 0 Å². The Hall–Kier alpha value is -2.10. The average molecular weight is 215 g/mol. The number of hydrogen-bond acceptors (Lipinski definition) is 3. The molecule has 4 nitrogen and oxygen atoms in total. The molecule has 4 heteroatoms. The van der Waals surface area contributed by atoms with Gasteiger partial charge in [0.2, 0.25) is 5.95 Å². The smallest absolute Gasteiger partial charge is 0.210 e. The predicted octanol–water partition coefficient (Wildman–Crippen LogP) is 1.75. The highest BCUT2D eigenvalue weighted by Gasteiger charge is 2.10. The Morgan fingerprint density at radius 1 is 1.25 bits per heavy atom. The zero-order valence-corrected chi connectivity index (χ0v) is 9.29. The number of nitrogens with zero attached hydrogens (tertiary/aromatic N) is 3. The highest BCUT2D eigenvalue weighted by atomic mass is 16.1. The second-order valence-corrected chi connectivity index (χ2v) is 3.68. The van der Waals surface area contributed by atoms with E-state index >= 15 is 0 Å². The molecule has 1 heterocycles. The van der Waals surface area contributed by atoms with Crippen molar-refractivity contribution in [1.82, 2.24) is 9.55 Å². The van der Waals surface area contributed by atoms with Crippen LogP contribution in [0.3, 0.4) is 0 Å². The van der Waals surface area contributed by atoms with Crippen molar-refractivity contribution < 1.29 is 4.79 Å². The van der Waals surface area contributed by atoms with Crippen molar-refractivity contribution in [3.63, 3.8) is 0 Å². The Balaban J connectivity index is 2.55. The zero-order chi connectivity index (χ0) is 11.5. The molecule has 16 heavy (non-hydrogen) atoms. The molecule has 0 aliphatic carbocycles. The highest BCUT2D eigenvalue weighted by molar-refractivity contribution is 5.73. The molecule has 0 N–H and O–H groups in total. The third-order valence-corrected chi connectivity index (χ3v) is 2.26. The fraction of sp³-hybridized carbons (Fsp3) is 0.167. The summed E-state index contributed by atoms with van der Waals surface area (Å²) in [5.74, 6) is 0.744. The molecule has 0 aliphatic rings. The summed E-state index contributed by atoms with van der Waals surface area (Å²) in [4.78, 5) is 16.8. The molecular formula is C12H13N3O. The number of carbonyl (C=O) groups is 1. The summed E-state index contributed by atoms with van der Waals surface area (Å²) in [6, 6.07) is 9.81. The van der Waals surface area contributed by atoms with Crippen molar-refractivity contribution in [1.29, 1.82) is 0 Å². The molecular weight excluding hydrogens is 202 g/mol. The topological polar surface area (TPSA) is 38.1 Å². The van der Waals surface area contributed by atoms with E-state index in [-0.39, 0.29) is 0 Å². The van der Waals surface area contributed by atoms with E-state index in [0.717, 1.165) is 17.9 Å². The minimum Gasteiger partial charge on any atom is -0.348 e. The maximum absolute atomic E-state index is 10.7. The Morgan fingerprint density at radius 2 is 1.94 bits per heavy atom. The normalized spacial score (nSPS) is 10.1. The number of hydrogen-bond donors (Lipinski definition) is 0. The number of imidazole rings is 1. The molecule has 1 aromatic carbocycles. The van der Waals surface area contributed by atoms with E-state index in [1.807, 2.05) is 53.9 Å². The molecule has 2 aromatic rings. The summed E-state index contributed by atoms with van der Waals surface area (Å²) in [5.41, 5.74) is 1.43. The molecule has 1 aromatic heterocycles. The van der Waals surface area contributed by atoms with Gasteiger partial charge in [-0.15, -0.1) is 0 Å². The minimum absolute atomic E-state index is 0.438. The van der Waals surface area contributed by atoms with E-state index in [0.29, 0.717) is 5.69 Å². The van der Waals surface area contributed by atoms with E-state index in [1.54, 1.807) is 6.20 Å². The van der Waals surface area contributed by atoms with Crippen molar-refractivity contribution in [3.05, 3.63) is 42.2 Å². The molecule has 0 unspecified atom stereocenters. The maximum Gasteiger partial charge on any atom is 0.210 e. The van der Waals surface area contributed by atoms with Crippen LogP contribution in [-0.4, -0.2) is 29.9 Å². The van der Waals surface area contributed by atoms with Crippen LogP contribution in [0.25, 0.3) is 5.69 Å². The van der Waals surface area contributed by atoms with Gasteiger partial charge in [-0.25, -0.2) is 4.98 Å². The van der Waals surface area contributed by atoms with Gasteiger partial charge < -0.3 is 4.90 Å². The van der Waals surface area contributed by atoms with Crippen molar-refractivity contribution in [3.8, 4) is 5.69 Å². The third-order valence-electron chi connectivity index (χ3n) is 2.26. The first-order chi connectivity index (χ1) is 7.72. The lowest BCUT2D eigenvalue weighted by atomic mass is 10.3. The molecule has 2 rings (SSSR count). The third kappa shape index (κ3) is 1.82. The Kier molecular flexibility index (Phi) is 2.72. The van der Waals surface area contributed by atoms with E-state index in [1.165, 1.54) is 0 Å². The van der Waals surface area contributed by atoms with Crippen LogP contribution in [0.4, 0.5) is 5.95 Å². The Morgan fingerprint density at radius 3 is 2.50 bits per heavy atom. The summed E-state index contributed by atoms with van der Waals surface area (Å²) < 4.78 is 1.89. The van der Waals surface area contributed by atoms with Crippen molar-refractivity contribution in [2.75, 3.05) is 19.0 Å². The minimum atomic E-state index is 0.438. The van der Waals surface area contributed by atoms with Gasteiger partial charge in [0.25, 0.3) is 0 Å². The number of aromatic nitrogens is 2. The Labute approximate surface area is 94.1 Å². The van der Waals surface area contributed by atoms with Gasteiger partial charge in [-0.3, -0.25) is 9.36 Å². The van der Waals surface area contributed by atoms with Gasteiger partial charge >= 0.3 is 0 Å². The van der Waals surface area contributed by atoms with Crippen LogP contribution < -0.4 is 4.90 Å². The first kappa shape index (κ1) is 10.4. The fourth-order valence-electron chi connectivity index (χ4n) is 1.54. The van der Waals surface area contributed by atoms with Gasteiger partial charge in [-0.2, -0.15) is 0 Å². The number of benzene rings is 1. The number of para-hydroxylation sites is 1. The van der Waals surface area contributed by atoms with Crippen LogP contribution >= 0.6 is 0 Å². The standard InChI is InChI=1S/C12H13N3O/c1-14(2)12-13-10(9-16)8-15(12)11-6-4-3-5-7-11/h3-9H,1-2H3. The number of aldehydes is 1. The van der Waals surface area contributed by atoms with Gasteiger partial charge in [0.15, 0.2) is 6.29 Å². The Bertz CT molecular complexity index is 488. The summed E-state index contributed by atoms with van der Waals surface area (Å²) in [5, 5.41) is 0. The van der Waals surface area contributed by atoms with Gasteiger partial charge in [0.1, 0.15) is 5.69 Å².